The summed E-state index contributed by atoms with van der Waals surface area (Å²) in [5.41, 5.74) is 0.0224. The molecule has 0 aliphatic carbocycles. The first-order valence-electron chi connectivity index (χ1n) is 10.4. The van der Waals surface area contributed by atoms with Crippen molar-refractivity contribution in [2.75, 3.05) is 46.5 Å². The van der Waals surface area contributed by atoms with E-state index < -0.39 is 16.0 Å². The van der Waals surface area contributed by atoms with Crippen molar-refractivity contribution >= 4 is 21.9 Å². The van der Waals surface area contributed by atoms with E-state index in [1.165, 1.54) is 23.5 Å². The van der Waals surface area contributed by atoms with Crippen LogP contribution in [0.2, 0.25) is 0 Å². The molecule has 0 radical (unpaired) electrons. The lowest BCUT2D eigenvalue weighted by molar-refractivity contribution is -0.137. The number of esters is 1. The summed E-state index contributed by atoms with van der Waals surface area (Å²) < 4.78 is 37.8. The zero-order valence-corrected chi connectivity index (χ0v) is 18.4. The maximum absolute atomic E-state index is 13.1. The van der Waals surface area contributed by atoms with Crippen molar-refractivity contribution in [2.45, 2.75) is 31.1 Å². The maximum atomic E-state index is 13.1. The molecular formula is C21H30N2O6S. The summed E-state index contributed by atoms with van der Waals surface area (Å²) in [6.07, 6.45) is 1.91. The van der Waals surface area contributed by atoms with Crippen LogP contribution in [0.25, 0.3) is 0 Å². The predicted molar refractivity (Wildman–Crippen MR) is 110 cm³/mol. The molecule has 0 spiro atoms. The molecule has 1 amide bonds. The molecule has 0 saturated carbocycles. The minimum absolute atomic E-state index is 0.0224. The second-order valence-corrected chi connectivity index (χ2v) is 9.68. The van der Waals surface area contributed by atoms with Gasteiger partial charge < -0.3 is 14.4 Å². The Bertz CT molecular complexity index is 858. The van der Waals surface area contributed by atoms with Gasteiger partial charge in [0.25, 0.3) is 0 Å². The van der Waals surface area contributed by atoms with Crippen molar-refractivity contribution in [3.05, 3.63) is 29.8 Å². The first kappa shape index (κ1) is 22.7. The van der Waals surface area contributed by atoms with Gasteiger partial charge in [-0.1, -0.05) is 12.1 Å². The van der Waals surface area contributed by atoms with Gasteiger partial charge >= 0.3 is 5.97 Å². The molecule has 3 rings (SSSR count). The lowest BCUT2D eigenvalue weighted by atomic mass is 9.96. The van der Waals surface area contributed by atoms with Crippen molar-refractivity contribution in [1.82, 2.24) is 9.21 Å². The Labute approximate surface area is 178 Å². The quantitative estimate of drug-likeness (QED) is 0.602. The van der Waals surface area contributed by atoms with E-state index in [0.717, 1.165) is 13.0 Å². The highest BCUT2D eigenvalue weighted by molar-refractivity contribution is 7.89. The third-order valence-electron chi connectivity index (χ3n) is 5.91. The van der Waals surface area contributed by atoms with Crippen LogP contribution in [0.5, 0.6) is 0 Å². The van der Waals surface area contributed by atoms with Gasteiger partial charge in [0.05, 0.1) is 24.2 Å². The number of carbonyl (C=O) groups excluding carboxylic acids is 2. The zero-order valence-electron chi connectivity index (χ0n) is 17.6. The number of carbonyl (C=O) groups is 2. The molecule has 2 aliphatic heterocycles. The number of nitrogens with zero attached hydrogens (tertiary/aromatic N) is 2. The van der Waals surface area contributed by atoms with Crippen LogP contribution < -0.4 is 0 Å². The number of hydrogen-bond donors (Lipinski definition) is 0. The molecule has 2 fully saturated rings. The molecule has 30 heavy (non-hydrogen) atoms. The normalized spacial score (nSPS) is 20.8. The van der Waals surface area contributed by atoms with E-state index in [4.69, 9.17) is 9.47 Å². The van der Waals surface area contributed by atoms with Crippen molar-refractivity contribution in [2.24, 2.45) is 11.8 Å². The Morgan fingerprint density at radius 1 is 1.20 bits per heavy atom. The molecule has 2 heterocycles. The number of sulfonamides is 1. The van der Waals surface area contributed by atoms with Crippen LogP contribution in [0.15, 0.2) is 29.2 Å². The molecule has 8 nitrogen and oxygen atoms in total. The van der Waals surface area contributed by atoms with E-state index in [2.05, 4.69) is 0 Å². The van der Waals surface area contributed by atoms with Gasteiger partial charge in [-0.3, -0.25) is 4.79 Å². The second-order valence-electron chi connectivity index (χ2n) is 7.77. The molecule has 0 N–H and O–H groups in total. The minimum Gasteiger partial charge on any atom is -0.465 e. The lowest BCUT2D eigenvalue weighted by Crippen LogP contribution is -2.45. The Kier molecular flexibility index (Phi) is 7.49. The summed E-state index contributed by atoms with van der Waals surface area (Å²) in [7, 11) is -2.63. The number of piperidine rings is 1. The van der Waals surface area contributed by atoms with Gasteiger partial charge in [-0.15, -0.1) is 0 Å². The van der Waals surface area contributed by atoms with Gasteiger partial charge in [-0.2, -0.15) is 4.31 Å². The number of amides is 1. The molecular weight excluding hydrogens is 408 g/mol. The smallest absolute Gasteiger partial charge is 0.339 e. The van der Waals surface area contributed by atoms with Gasteiger partial charge in [0.1, 0.15) is 0 Å². The summed E-state index contributed by atoms with van der Waals surface area (Å²) in [6.45, 7) is 5.24. The highest BCUT2D eigenvalue weighted by Crippen LogP contribution is 2.27. The number of methoxy groups -OCH3 is 1. The maximum Gasteiger partial charge on any atom is 0.339 e. The molecule has 9 heteroatoms. The van der Waals surface area contributed by atoms with Gasteiger partial charge in [0, 0.05) is 44.6 Å². The second kappa shape index (κ2) is 9.89. The van der Waals surface area contributed by atoms with Crippen LogP contribution in [-0.2, 0) is 24.3 Å². The summed E-state index contributed by atoms with van der Waals surface area (Å²) in [5.74, 6) is -0.399. The minimum atomic E-state index is -3.85. The molecule has 2 aliphatic rings. The predicted octanol–water partition coefficient (Wildman–Crippen LogP) is 1.76. The van der Waals surface area contributed by atoms with Gasteiger partial charge in [-0.25, -0.2) is 13.2 Å². The number of ether oxygens (including phenoxy) is 2. The fourth-order valence-electron chi connectivity index (χ4n) is 4.12. The molecule has 1 atom stereocenters. The van der Waals surface area contributed by atoms with E-state index in [1.54, 1.807) is 12.1 Å². The molecule has 1 aromatic carbocycles. The van der Waals surface area contributed by atoms with Crippen molar-refractivity contribution in [1.29, 1.82) is 0 Å². The third-order valence-corrected chi connectivity index (χ3v) is 7.87. The van der Waals surface area contributed by atoms with Crippen LogP contribution >= 0.6 is 0 Å². The van der Waals surface area contributed by atoms with E-state index in [-0.39, 0.29) is 35.4 Å². The Balaban J connectivity index is 1.66. The summed E-state index contributed by atoms with van der Waals surface area (Å²) in [4.78, 5) is 26.8. The summed E-state index contributed by atoms with van der Waals surface area (Å²) in [5, 5.41) is 0. The highest BCUT2D eigenvalue weighted by atomic mass is 32.2. The first-order valence-corrected chi connectivity index (χ1v) is 11.9. The number of benzene rings is 1. The Morgan fingerprint density at radius 2 is 1.90 bits per heavy atom. The molecule has 1 unspecified atom stereocenters. The number of hydrogen-bond acceptors (Lipinski definition) is 6. The van der Waals surface area contributed by atoms with Crippen molar-refractivity contribution < 1.29 is 27.5 Å². The van der Waals surface area contributed by atoms with E-state index in [0.29, 0.717) is 38.5 Å². The average molecular weight is 439 g/mol. The van der Waals surface area contributed by atoms with Gasteiger partial charge in [0.15, 0.2) is 0 Å². The van der Waals surface area contributed by atoms with Crippen molar-refractivity contribution in [3.63, 3.8) is 0 Å². The third kappa shape index (κ3) is 4.84. The van der Waals surface area contributed by atoms with Crippen LogP contribution in [0.1, 0.15) is 36.5 Å². The van der Waals surface area contributed by atoms with Crippen LogP contribution in [0.3, 0.4) is 0 Å². The zero-order chi connectivity index (χ0) is 21.7. The molecule has 166 valence electrons. The van der Waals surface area contributed by atoms with Crippen LogP contribution in [-0.4, -0.2) is 76.0 Å². The molecule has 2 saturated heterocycles. The largest absolute Gasteiger partial charge is 0.465 e. The van der Waals surface area contributed by atoms with E-state index in [1.807, 2.05) is 11.8 Å². The number of rotatable bonds is 7. The first-order chi connectivity index (χ1) is 14.4. The van der Waals surface area contributed by atoms with Crippen molar-refractivity contribution in [3.8, 4) is 0 Å². The van der Waals surface area contributed by atoms with E-state index in [9.17, 15) is 18.0 Å². The average Bonchev–Trinajstić information content (AvgIpc) is 3.29. The monoisotopic (exact) mass is 438 g/mol. The Hall–Kier alpha value is -1.97. The van der Waals surface area contributed by atoms with Gasteiger partial charge in [0.2, 0.25) is 15.9 Å². The van der Waals surface area contributed by atoms with Crippen LogP contribution in [0, 0.1) is 11.8 Å². The molecule has 0 bridgehead atoms. The fraction of sp³-hybridized carbons (Fsp3) is 0.619. The molecule has 0 aromatic heterocycles. The lowest BCUT2D eigenvalue weighted by Gasteiger charge is -2.34. The summed E-state index contributed by atoms with van der Waals surface area (Å²) >= 11 is 0. The Morgan fingerprint density at radius 3 is 2.50 bits per heavy atom. The van der Waals surface area contributed by atoms with E-state index >= 15 is 0 Å². The highest BCUT2D eigenvalue weighted by Gasteiger charge is 2.35. The summed E-state index contributed by atoms with van der Waals surface area (Å²) in [6, 6.07) is 6.05. The fourth-order valence-corrected chi connectivity index (χ4v) is 5.77. The topological polar surface area (TPSA) is 93.2 Å². The van der Waals surface area contributed by atoms with Crippen LogP contribution in [0.4, 0.5) is 0 Å². The standard InChI is InChI=1S/C21H30N2O6S/c1-3-22(14-16-10-13-29-15-16)20(24)17-8-11-23(12-9-17)30(26,27)19-7-5-4-6-18(19)21(25)28-2/h4-7,16-17H,3,8-15H2,1-2H3. The SMILES string of the molecule is CCN(CC1CCOC1)C(=O)C1CCN(S(=O)(=O)c2ccccc2C(=O)OC)CC1. The molecule has 1 aromatic rings. The van der Waals surface area contributed by atoms with Gasteiger partial charge in [-0.05, 0) is 38.3 Å².